The zero-order valence-electron chi connectivity index (χ0n) is 11.6. The fourth-order valence-electron chi connectivity index (χ4n) is 2.13. The lowest BCUT2D eigenvalue weighted by Crippen LogP contribution is -2.11. The van der Waals surface area contributed by atoms with Gasteiger partial charge < -0.3 is 14.5 Å². The molecule has 0 aliphatic rings. The van der Waals surface area contributed by atoms with E-state index >= 15 is 0 Å². The Bertz CT molecular complexity index is 806. The van der Waals surface area contributed by atoms with Crippen LogP contribution < -0.4 is 15.7 Å². The highest BCUT2D eigenvalue weighted by molar-refractivity contribution is 5.76. The van der Waals surface area contributed by atoms with Gasteiger partial charge in [-0.2, -0.15) is 0 Å². The van der Waals surface area contributed by atoms with Gasteiger partial charge in [0.2, 0.25) is 0 Å². The second-order valence-corrected chi connectivity index (χ2v) is 4.68. The van der Waals surface area contributed by atoms with Gasteiger partial charge in [-0.25, -0.2) is 4.79 Å². The fourth-order valence-corrected chi connectivity index (χ4v) is 2.13. The Balaban J connectivity index is 1.81. The highest BCUT2D eigenvalue weighted by Gasteiger charge is 2.04. The van der Waals surface area contributed by atoms with Gasteiger partial charge in [0, 0.05) is 17.6 Å². The van der Waals surface area contributed by atoms with E-state index in [4.69, 9.17) is 9.15 Å². The lowest BCUT2D eigenvalue weighted by atomic mass is 10.2. The summed E-state index contributed by atoms with van der Waals surface area (Å²) in [4.78, 5) is 11.9. The number of benzene rings is 2. The second-order valence-electron chi connectivity index (χ2n) is 4.68. The van der Waals surface area contributed by atoms with Crippen molar-refractivity contribution in [3.05, 3.63) is 70.6 Å². The molecule has 0 saturated heterocycles. The zero-order valence-corrected chi connectivity index (χ0v) is 11.6. The monoisotopic (exact) mass is 281 g/mol. The van der Waals surface area contributed by atoms with Crippen molar-refractivity contribution in [3.63, 3.8) is 0 Å². The third-order valence-corrected chi connectivity index (χ3v) is 3.29. The second kappa shape index (κ2) is 5.71. The Hall–Kier alpha value is -2.75. The van der Waals surface area contributed by atoms with Crippen molar-refractivity contribution in [2.45, 2.75) is 6.54 Å². The van der Waals surface area contributed by atoms with Crippen molar-refractivity contribution in [2.75, 3.05) is 12.4 Å². The Morgan fingerprint density at radius 1 is 1.10 bits per heavy atom. The standard InChI is InChI=1S/C17H15NO3/c1-20-15-8-6-14(7-9-15)18-11-13-10-12-4-2-3-5-16(12)21-17(13)19/h2-10,18H,11H2,1H3. The van der Waals surface area contributed by atoms with E-state index < -0.39 is 0 Å². The van der Waals surface area contributed by atoms with E-state index in [0.717, 1.165) is 16.8 Å². The van der Waals surface area contributed by atoms with Crippen LogP contribution in [0.15, 0.2) is 63.8 Å². The lowest BCUT2D eigenvalue weighted by molar-refractivity contribution is 0.415. The largest absolute Gasteiger partial charge is 0.497 e. The summed E-state index contributed by atoms with van der Waals surface area (Å²) >= 11 is 0. The Morgan fingerprint density at radius 3 is 2.62 bits per heavy atom. The molecule has 4 heteroatoms. The maximum absolute atomic E-state index is 11.9. The summed E-state index contributed by atoms with van der Waals surface area (Å²) in [6.07, 6.45) is 0. The van der Waals surface area contributed by atoms with E-state index in [-0.39, 0.29) is 5.63 Å². The van der Waals surface area contributed by atoms with Crippen molar-refractivity contribution in [2.24, 2.45) is 0 Å². The van der Waals surface area contributed by atoms with E-state index in [0.29, 0.717) is 17.7 Å². The lowest BCUT2D eigenvalue weighted by Gasteiger charge is -2.07. The quantitative estimate of drug-likeness (QED) is 0.744. The summed E-state index contributed by atoms with van der Waals surface area (Å²) in [6, 6.07) is 16.9. The Labute approximate surface area is 122 Å². The molecule has 1 aromatic heterocycles. The molecule has 3 aromatic rings. The molecule has 0 aliphatic heterocycles. The average molecular weight is 281 g/mol. The number of anilines is 1. The normalized spacial score (nSPS) is 10.5. The minimum Gasteiger partial charge on any atom is -0.497 e. The molecule has 106 valence electrons. The smallest absolute Gasteiger partial charge is 0.341 e. The van der Waals surface area contributed by atoms with Crippen LogP contribution >= 0.6 is 0 Å². The van der Waals surface area contributed by atoms with Crippen LogP contribution in [0.25, 0.3) is 11.0 Å². The van der Waals surface area contributed by atoms with Crippen LogP contribution in [0.3, 0.4) is 0 Å². The summed E-state index contributed by atoms with van der Waals surface area (Å²) in [6.45, 7) is 0.416. The molecular weight excluding hydrogens is 266 g/mol. The third-order valence-electron chi connectivity index (χ3n) is 3.29. The summed E-state index contributed by atoms with van der Waals surface area (Å²) < 4.78 is 10.4. The van der Waals surface area contributed by atoms with Gasteiger partial charge >= 0.3 is 5.63 Å². The van der Waals surface area contributed by atoms with Gasteiger partial charge in [0.05, 0.1) is 12.7 Å². The first-order chi connectivity index (χ1) is 10.3. The third kappa shape index (κ3) is 2.89. The summed E-state index contributed by atoms with van der Waals surface area (Å²) in [5.41, 5.74) is 1.82. The van der Waals surface area contributed by atoms with Crippen molar-refractivity contribution in [3.8, 4) is 5.75 Å². The van der Waals surface area contributed by atoms with Gasteiger partial charge in [0.15, 0.2) is 0 Å². The summed E-state index contributed by atoms with van der Waals surface area (Å²) in [5, 5.41) is 4.12. The van der Waals surface area contributed by atoms with E-state index in [1.54, 1.807) is 13.2 Å². The SMILES string of the molecule is COc1ccc(NCc2cc3ccccc3oc2=O)cc1. The Kier molecular flexibility index (Phi) is 3.60. The van der Waals surface area contributed by atoms with Gasteiger partial charge in [-0.05, 0) is 36.4 Å². The first-order valence-electron chi connectivity index (χ1n) is 6.66. The Morgan fingerprint density at radius 2 is 1.86 bits per heavy atom. The molecule has 0 saturated carbocycles. The van der Waals surface area contributed by atoms with Gasteiger partial charge in [-0.3, -0.25) is 0 Å². The van der Waals surface area contributed by atoms with Gasteiger partial charge in [0.1, 0.15) is 11.3 Å². The molecule has 1 N–H and O–H groups in total. The van der Waals surface area contributed by atoms with E-state index in [1.165, 1.54) is 0 Å². The van der Waals surface area contributed by atoms with Crippen LogP contribution in [0.4, 0.5) is 5.69 Å². The summed E-state index contributed by atoms with van der Waals surface area (Å²) in [5.74, 6) is 0.797. The van der Waals surface area contributed by atoms with Gasteiger partial charge in [0.25, 0.3) is 0 Å². The van der Waals surface area contributed by atoms with E-state index in [2.05, 4.69) is 5.32 Å². The first kappa shape index (κ1) is 13.2. The average Bonchev–Trinajstić information content (AvgIpc) is 2.53. The zero-order chi connectivity index (χ0) is 14.7. The molecule has 0 radical (unpaired) electrons. The van der Waals surface area contributed by atoms with Crippen LogP contribution in [-0.4, -0.2) is 7.11 Å². The van der Waals surface area contributed by atoms with E-state index in [1.807, 2.05) is 48.5 Å². The molecule has 1 heterocycles. The van der Waals surface area contributed by atoms with Gasteiger partial charge in [-0.1, -0.05) is 18.2 Å². The first-order valence-corrected chi connectivity index (χ1v) is 6.66. The predicted molar refractivity (Wildman–Crippen MR) is 82.8 cm³/mol. The van der Waals surface area contributed by atoms with Crippen molar-refractivity contribution < 1.29 is 9.15 Å². The predicted octanol–water partition coefficient (Wildman–Crippen LogP) is 3.41. The molecule has 0 fully saturated rings. The fraction of sp³-hybridized carbons (Fsp3) is 0.118. The number of hydrogen-bond acceptors (Lipinski definition) is 4. The molecule has 0 unspecified atom stereocenters. The molecule has 4 nitrogen and oxygen atoms in total. The molecule has 0 amide bonds. The van der Waals surface area contributed by atoms with Crippen molar-refractivity contribution in [1.29, 1.82) is 0 Å². The topological polar surface area (TPSA) is 51.5 Å². The number of rotatable bonds is 4. The van der Waals surface area contributed by atoms with Crippen molar-refractivity contribution >= 4 is 16.7 Å². The molecule has 0 spiro atoms. The molecule has 0 atom stereocenters. The van der Waals surface area contributed by atoms with Crippen LogP contribution in [0, 0.1) is 0 Å². The minimum absolute atomic E-state index is 0.310. The molecule has 21 heavy (non-hydrogen) atoms. The number of ether oxygens (including phenoxy) is 1. The highest BCUT2D eigenvalue weighted by atomic mass is 16.5. The molecule has 0 bridgehead atoms. The number of methoxy groups -OCH3 is 1. The number of para-hydroxylation sites is 1. The summed E-state index contributed by atoms with van der Waals surface area (Å²) in [7, 11) is 1.63. The van der Waals surface area contributed by atoms with Crippen molar-refractivity contribution in [1.82, 2.24) is 0 Å². The number of hydrogen-bond donors (Lipinski definition) is 1. The minimum atomic E-state index is -0.310. The van der Waals surface area contributed by atoms with E-state index in [9.17, 15) is 4.79 Å². The highest BCUT2D eigenvalue weighted by Crippen LogP contribution is 2.17. The van der Waals surface area contributed by atoms with Gasteiger partial charge in [-0.15, -0.1) is 0 Å². The van der Waals surface area contributed by atoms with Crippen LogP contribution in [-0.2, 0) is 6.54 Å². The molecule has 3 rings (SSSR count). The number of fused-ring (bicyclic) bond motifs is 1. The van der Waals surface area contributed by atoms with Crippen LogP contribution in [0.2, 0.25) is 0 Å². The molecular formula is C17H15NO3. The molecule has 2 aromatic carbocycles. The maximum atomic E-state index is 11.9. The van der Waals surface area contributed by atoms with Crippen LogP contribution in [0.1, 0.15) is 5.56 Å². The van der Waals surface area contributed by atoms with Crippen LogP contribution in [0.5, 0.6) is 5.75 Å². The number of nitrogens with one attached hydrogen (secondary N) is 1. The molecule has 0 aliphatic carbocycles. The maximum Gasteiger partial charge on any atom is 0.341 e.